The zero-order chi connectivity index (χ0) is 8.97. The molecule has 0 bridgehead atoms. The second kappa shape index (κ2) is 3.80. The lowest BCUT2D eigenvalue weighted by molar-refractivity contribution is -0.384. The minimum atomic E-state index is -0.483. The van der Waals surface area contributed by atoms with E-state index < -0.39 is 4.92 Å². The first-order valence-electron chi connectivity index (χ1n) is 3.39. The molecule has 0 aliphatic carbocycles. The van der Waals surface area contributed by atoms with Crippen LogP contribution in [-0.4, -0.2) is 4.92 Å². The van der Waals surface area contributed by atoms with Gasteiger partial charge in [0.05, 0.1) is 4.92 Å². The molecule has 0 fully saturated rings. The van der Waals surface area contributed by atoms with Crippen molar-refractivity contribution in [1.29, 1.82) is 0 Å². The number of rotatable bonds is 3. The number of nitrogens with zero attached hydrogens (tertiary/aromatic N) is 1. The first-order chi connectivity index (χ1) is 5.74. The quantitative estimate of drug-likeness (QED) is 0.513. The predicted octanol–water partition coefficient (Wildman–Crippen LogP) is 2.27. The van der Waals surface area contributed by atoms with Crippen molar-refractivity contribution in [2.24, 2.45) is 0 Å². The van der Waals surface area contributed by atoms with E-state index in [4.69, 9.17) is 0 Å². The molecule has 12 heavy (non-hydrogen) atoms. The maximum absolute atomic E-state index is 11.7. The van der Waals surface area contributed by atoms with Crippen molar-refractivity contribution in [3.8, 4) is 0 Å². The smallest absolute Gasteiger partial charge is 0.258 e. The van der Waals surface area contributed by atoms with Crippen molar-refractivity contribution in [1.82, 2.24) is 0 Å². The number of halogens is 1. The van der Waals surface area contributed by atoms with Crippen LogP contribution < -0.4 is 0 Å². The Morgan fingerprint density at radius 2 is 2.00 bits per heavy atom. The van der Waals surface area contributed by atoms with Crippen molar-refractivity contribution >= 4 is 5.69 Å². The van der Waals surface area contributed by atoms with E-state index >= 15 is 0 Å². The lowest BCUT2D eigenvalue weighted by atomic mass is 10.1. The molecule has 1 rings (SSSR count). The van der Waals surface area contributed by atoms with E-state index in [-0.39, 0.29) is 12.1 Å². The van der Waals surface area contributed by atoms with E-state index in [1.165, 1.54) is 24.3 Å². The van der Waals surface area contributed by atoms with Gasteiger partial charge in [-0.1, -0.05) is 12.1 Å². The molecule has 0 saturated heterocycles. The molecule has 0 unspecified atom stereocenters. The fourth-order valence-corrected chi connectivity index (χ4v) is 0.843. The number of benzene rings is 1. The summed E-state index contributed by atoms with van der Waals surface area (Å²) in [5, 5.41) is 10.2. The Balaban J connectivity index is 2.78. The summed E-state index contributed by atoms with van der Waals surface area (Å²) >= 11 is 0. The third-order valence-electron chi connectivity index (χ3n) is 1.46. The lowest BCUT2D eigenvalue weighted by Crippen LogP contribution is -1.88. The molecule has 3 nitrogen and oxygen atoms in total. The van der Waals surface area contributed by atoms with Gasteiger partial charge in [0.15, 0.2) is 0 Å². The number of hydrogen-bond donors (Lipinski definition) is 0. The van der Waals surface area contributed by atoms with Crippen molar-refractivity contribution in [2.45, 2.75) is 6.42 Å². The highest BCUT2D eigenvalue weighted by Crippen LogP contribution is 2.12. The highest BCUT2D eigenvalue weighted by atomic mass is 19.1. The summed E-state index contributed by atoms with van der Waals surface area (Å²) in [4.78, 5) is 9.71. The van der Waals surface area contributed by atoms with Crippen LogP contribution in [0.4, 0.5) is 10.1 Å². The maximum atomic E-state index is 11.7. The van der Waals surface area contributed by atoms with Crippen LogP contribution in [0.5, 0.6) is 0 Å². The topological polar surface area (TPSA) is 43.1 Å². The van der Waals surface area contributed by atoms with Crippen LogP contribution in [0.15, 0.2) is 24.3 Å². The number of nitro groups is 1. The van der Waals surface area contributed by atoms with Gasteiger partial charge in [0.25, 0.3) is 5.69 Å². The molecule has 0 aliphatic rings. The second-order valence-corrected chi connectivity index (χ2v) is 2.28. The highest BCUT2D eigenvalue weighted by Gasteiger charge is 2.02. The van der Waals surface area contributed by atoms with Crippen molar-refractivity contribution in [3.63, 3.8) is 0 Å². The normalized spacial score (nSPS) is 9.75. The fraction of sp³-hybridized carbons (Fsp3) is 0.125. The Labute approximate surface area is 69.0 Å². The molecular weight excluding hydrogens is 161 g/mol. The SMILES string of the molecule is O=[N+]([O-])c1ccc(C[CH]F)cc1. The Morgan fingerprint density at radius 1 is 1.42 bits per heavy atom. The molecule has 1 radical (unpaired) electrons. The van der Waals surface area contributed by atoms with Crippen LogP contribution in [0.1, 0.15) is 5.56 Å². The van der Waals surface area contributed by atoms with Gasteiger partial charge < -0.3 is 0 Å². The third kappa shape index (κ3) is 2.02. The minimum absolute atomic E-state index is 0.0256. The van der Waals surface area contributed by atoms with Crippen molar-refractivity contribution in [2.75, 3.05) is 0 Å². The standard InChI is InChI=1S/C8H7FNO2/c9-6-5-7-1-3-8(4-2-7)10(11)12/h1-4,6H,5H2. The molecule has 0 amide bonds. The van der Waals surface area contributed by atoms with Crippen LogP contribution >= 0.6 is 0 Å². The van der Waals surface area contributed by atoms with E-state index in [0.29, 0.717) is 6.67 Å². The van der Waals surface area contributed by atoms with Crippen LogP contribution in [0, 0.1) is 16.8 Å². The van der Waals surface area contributed by atoms with Crippen molar-refractivity contribution in [3.05, 3.63) is 46.6 Å². The Bertz CT molecular complexity index is 271. The fourth-order valence-electron chi connectivity index (χ4n) is 0.843. The summed E-state index contributed by atoms with van der Waals surface area (Å²) in [6.07, 6.45) is 0.192. The molecule has 0 aromatic heterocycles. The molecule has 0 spiro atoms. The van der Waals surface area contributed by atoms with E-state index in [9.17, 15) is 14.5 Å². The summed E-state index contributed by atoms with van der Waals surface area (Å²) in [5.74, 6) is 0. The molecule has 63 valence electrons. The molecule has 0 aliphatic heterocycles. The molecule has 0 N–H and O–H groups in total. The molecular formula is C8H7FNO2. The first kappa shape index (κ1) is 8.64. The summed E-state index contributed by atoms with van der Waals surface area (Å²) in [5.41, 5.74) is 0.751. The minimum Gasteiger partial charge on any atom is -0.258 e. The molecule has 0 atom stereocenters. The second-order valence-electron chi connectivity index (χ2n) is 2.28. The predicted molar refractivity (Wildman–Crippen MR) is 42.2 cm³/mol. The molecule has 4 heteroatoms. The van der Waals surface area contributed by atoms with Gasteiger partial charge in [-0.3, -0.25) is 10.1 Å². The summed E-state index contributed by atoms with van der Waals surface area (Å²) in [6.45, 7) is 0.515. The van der Waals surface area contributed by atoms with E-state index in [2.05, 4.69) is 0 Å². The molecule has 1 aromatic rings. The van der Waals surface area contributed by atoms with Gasteiger partial charge in [-0.15, -0.1) is 0 Å². The summed E-state index contributed by atoms with van der Waals surface area (Å²) < 4.78 is 11.7. The zero-order valence-corrected chi connectivity index (χ0v) is 6.24. The Morgan fingerprint density at radius 3 is 2.42 bits per heavy atom. The zero-order valence-electron chi connectivity index (χ0n) is 6.24. The third-order valence-corrected chi connectivity index (χ3v) is 1.46. The first-order valence-corrected chi connectivity index (χ1v) is 3.39. The average molecular weight is 168 g/mol. The van der Waals surface area contributed by atoms with Gasteiger partial charge in [0.1, 0.15) is 6.67 Å². The van der Waals surface area contributed by atoms with E-state index in [1.807, 2.05) is 0 Å². The highest BCUT2D eigenvalue weighted by molar-refractivity contribution is 5.33. The summed E-state index contributed by atoms with van der Waals surface area (Å²) in [7, 11) is 0. The molecule has 0 heterocycles. The van der Waals surface area contributed by atoms with E-state index in [0.717, 1.165) is 5.56 Å². The van der Waals surface area contributed by atoms with Crippen LogP contribution in [0.3, 0.4) is 0 Å². The van der Waals surface area contributed by atoms with E-state index in [1.54, 1.807) is 0 Å². The monoisotopic (exact) mass is 168 g/mol. The van der Waals surface area contributed by atoms with Crippen LogP contribution in [0.2, 0.25) is 0 Å². The van der Waals surface area contributed by atoms with Gasteiger partial charge in [0.2, 0.25) is 0 Å². The number of non-ortho nitro benzene ring substituents is 1. The van der Waals surface area contributed by atoms with Gasteiger partial charge in [-0.2, -0.15) is 0 Å². The number of hydrogen-bond acceptors (Lipinski definition) is 2. The number of nitro benzene ring substituents is 1. The van der Waals surface area contributed by atoms with Crippen LogP contribution in [0.25, 0.3) is 0 Å². The molecule has 0 saturated carbocycles. The van der Waals surface area contributed by atoms with Gasteiger partial charge >= 0.3 is 0 Å². The van der Waals surface area contributed by atoms with Gasteiger partial charge in [0, 0.05) is 18.6 Å². The largest absolute Gasteiger partial charge is 0.269 e. The summed E-state index contributed by atoms with van der Waals surface area (Å²) in [6, 6.07) is 5.79. The van der Waals surface area contributed by atoms with Crippen LogP contribution in [-0.2, 0) is 6.42 Å². The van der Waals surface area contributed by atoms with Gasteiger partial charge in [-0.25, -0.2) is 4.39 Å². The van der Waals surface area contributed by atoms with Crippen molar-refractivity contribution < 1.29 is 9.31 Å². The van der Waals surface area contributed by atoms with Gasteiger partial charge in [-0.05, 0) is 5.56 Å². The molecule has 1 aromatic carbocycles. The lowest BCUT2D eigenvalue weighted by Gasteiger charge is -1.94. The average Bonchev–Trinajstić information content (AvgIpc) is 2.06. The Kier molecular flexibility index (Phi) is 2.74. The Hall–Kier alpha value is -1.45. The maximum Gasteiger partial charge on any atom is 0.269 e.